The van der Waals surface area contributed by atoms with Gasteiger partial charge in [0.05, 0.1) is 12.0 Å². The van der Waals surface area contributed by atoms with E-state index in [2.05, 4.69) is 0 Å². The highest BCUT2D eigenvalue weighted by molar-refractivity contribution is 5.77. The summed E-state index contributed by atoms with van der Waals surface area (Å²) >= 11 is 0. The van der Waals surface area contributed by atoms with Crippen LogP contribution in [0.1, 0.15) is 47.0 Å². The minimum absolute atomic E-state index is 0.184. The third-order valence-corrected chi connectivity index (χ3v) is 3.87. The van der Waals surface area contributed by atoms with Crippen LogP contribution in [-0.4, -0.2) is 56.0 Å². The predicted molar refractivity (Wildman–Crippen MR) is 82.6 cm³/mol. The summed E-state index contributed by atoms with van der Waals surface area (Å²) in [5.74, 6) is -0.184. The normalized spacial score (nSPS) is 18.0. The zero-order chi connectivity index (χ0) is 16.8. The zero-order valence-electron chi connectivity index (χ0n) is 14.4. The van der Waals surface area contributed by atoms with Gasteiger partial charge in [0, 0.05) is 26.8 Å². The van der Waals surface area contributed by atoms with Crippen molar-refractivity contribution in [3.8, 4) is 0 Å². The Morgan fingerprint density at radius 1 is 1.18 bits per heavy atom. The molecule has 6 heteroatoms. The molecular weight excluding hydrogens is 286 g/mol. The Hall–Kier alpha value is -1.30. The van der Waals surface area contributed by atoms with Gasteiger partial charge in [-0.25, -0.2) is 4.79 Å². The first-order valence-electron chi connectivity index (χ1n) is 7.88. The van der Waals surface area contributed by atoms with E-state index < -0.39 is 11.0 Å². The van der Waals surface area contributed by atoms with Crippen LogP contribution >= 0.6 is 0 Å². The Balaban J connectivity index is 2.68. The maximum atomic E-state index is 12.3. The molecule has 1 fully saturated rings. The van der Waals surface area contributed by atoms with Crippen LogP contribution in [-0.2, 0) is 19.0 Å². The highest BCUT2D eigenvalue weighted by Crippen LogP contribution is 2.37. The molecule has 0 aromatic rings. The number of carbonyl (C=O) groups excluding carboxylic acids is 2. The van der Waals surface area contributed by atoms with Crippen molar-refractivity contribution in [2.75, 3.05) is 33.4 Å². The fraction of sp³-hybridized carbons (Fsp3) is 0.875. The molecule has 1 aliphatic heterocycles. The molecule has 1 heterocycles. The smallest absolute Gasteiger partial charge is 0.410 e. The molecule has 0 atom stereocenters. The Morgan fingerprint density at radius 3 is 2.23 bits per heavy atom. The molecule has 0 spiro atoms. The first kappa shape index (κ1) is 18.7. The van der Waals surface area contributed by atoms with E-state index in [1.165, 1.54) is 0 Å². The van der Waals surface area contributed by atoms with E-state index in [9.17, 15) is 9.59 Å². The van der Waals surface area contributed by atoms with Gasteiger partial charge in [-0.3, -0.25) is 4.79 Å². The standard InChI is InChI=1S/C16H29NO5/c1-6-21-13(18)16(9-12-20-5)7-10-17(11-8-16)14(19)22-15(2,3)4/h6-12H2,1-5H3. The fourth-order valence-electron chi connectivity index (χ4n) is 2.58. The molecule has 0 saturated carbocycles. The molecule has 1 aliphatic rings. The number of esters is 1. The van der Waals surface area contributed by atoms with Crippen LogP contribution in [0.15, 0.2) is 0 Å². The number of carbonyl (C=O) groups is 2. The van der Waals surface area contributed by atoms with Crippen molar-refractivity contribution < 1.29 is 23.8 Å². The van der Waals surface area contributed by atoms with E-state index in [4.69, 9.17) is 14.2 Å². The average Bonchev–Trinajstić information content (AvgIpc) is 2.44. The Labute approximate surface area is 133 Å². The highest BCUT2D eigenvalue weighted by Gasteiger charge is 2.43. The third-order valence-electron chi connectivity index (χ3n) is 3.87. The average molecular weight is 315 g/mol. The molecule has 1 rings (SSSR count). The van der Waals surface area contributed by atoms with Crippen LogP contribution in [0.5, 0.6) is 0 Å². The van der Waals surface area contributed by atoms with Crippen molar-refractivity contribution in [2.24, 2.45) is 5.41 Å². The molecule has 22 heavy (non-hydrogen) atoms. The Kier molecular flexibility index (Phi) is 6.66. The molecule has 1 amide bonds. The van der Waals surface area contributed by atoms with Gasteiger partial charge < -0.3 is 19.1 Å². The van der Waals surface area contributed by atoms with Crippen molar-refractivity contribution >= 4 is 12.1 Å². The first-order valence-corrected chi connectivity index (χ1v) is 7.88. The summed E-state index contributed by atoms with van der Waals surface area (Å²) in [6.07, 6.45) is 1.45. The second-order valence-electron chi connectivity index (χ2n) is 6.71. The number of likely N-dealkylation sites (tertiary alicyclic amines) is 1. The molecule has 0 N–H and O–H groups in total. The monoisotopic (exact) mass is 315 g/mol. The number of nitrogens with zero attached hydrogens (tertiary/aromatic N) is 1. The maximum Gasteiger partial charge on any atom is 0.410 e. The van der Waals surface area contributed by atoms with E-state index in [1.54, 1.807) is 18.9 Å². The summed E-state index contributed by atoms with van der Waals surface area (Å²) < 4.78 is 15.7. The molecule has 128 valence electrons. The summed E-state index contributed by atoms with van der Waals surface area (Å²) in [5, 5.41) is 0. The van der Waals surface area contributed by atoms with Crippen molar-refractivity contribution in [1.82, 2.24) is 4.90 Å². The fourth-order valence-corrected chi connectivity index (χ4v) is 2.58. The summed E-state index contributed by atoms with van der Waals surface area (Å²) in [7, 11) is 1.62. The largest absolute Gasteiger partial charge is 0.466 e. The zero-order valence-corrected chi connectivity index (χ0v) is 14.4. The van der Waals surface area contributed by atoms with E-state index in [-0.39, 0.29) is 12.1 Å². The summed E-state index contributed by atoms with van der Waals surface area (Å²) in [5.41, 5.74) is -1.06. The second-order valence-corrected chi connectivity index (χ2v) is 6.71. The van der Waals surface area contributed by atoms with Crippen molar-refractivity contribution in [2.45, 2.75) is 52.6 Å². The molecule has 0 radical (unpaired) electrons. The summed E-state index contributed by atoms with van der Waals surface area (Å²) in [6, 6.07) is 0. The van der Waals surface area contributed by atoms with Crippen LogP contribution < -0.4 is 0 Å². The van der Waals surface area contributed by atoms with Crippen LogP contribution in [0.2, 0.25) is 0 Å². The first-order chi connectivity index (χ1) is 10.2. The molecular formula is C16H29NO5. The molecule has 6 nitrogen and oxygen atoms in total. The van der Waals surface area contributed by atoms with E-state index in [1.807, 2.05) is 20.8 Å². The van der Waals surface area contributed by atoms with Gasteiger partial charge in [0.2, 0.25) is 0 Å². The lowest BCUT2D eigenvalue weighted by atomic mass is 9.76. The van der Waals surface area contributed by atoms with Crippen LogP contribution in [0, 0.1) is 5.41 Å². The van der Waals surface area contributed by atoms with Gasteiger partial charge in [0.15, 0.2) is 0 Å². The number of hydrogen-bond acceptors (Lipinski definition) is 5. The minimum Gasteiger partial charge on any atom is -0.466 e. The lowest BCUT2D eigenvalue weighted by Gasteiger charge is -2.40. The molecule has 0 aromatic carbocycles. The summed E-state index contributed by atoms with van der Waals surface area (Å²) in [6.45, 7) is 9.20. The SMILES string of the molecule is CCOC(=O)C1(CCOC)CCN(C(=O)OC(C)(C)C)CC1. The molecule has 1 saturated heterocycles. The van der Waals surface area contributed by atoms with E-state index in [0.717, 1.165) is 0 Å². The maximum absolute atomic E-state index is 12.3. The number of hydrogen-bond donors (Lipinski definition) is 0. The van der Waals surface area contributed by atoms with Crippen LogP contribution in [0.4, 0.5) is 4.79 Å². The Bertz CT molecular complexity index is 380. The third kappa shape index (κ3) is 5.16. The topological polar surface area (TPSA) is 65.1 Å². The van der Waals surface area contributed by atoms with Gasteiger partial charge in [-0.2, -0.15) is 0 Å². The van der Waals surface area contributed by atoms with E-state index in [0.29, 0.717) is 45.6 Å². The van der Waals surface area contributed by atoms with Gasteiger partial charge >= 0.3 is 12.1 Å². The lowest BCUT2D eigenvalue weighted by molar-refractivity contribution is -0.160. The number of rotatable bonds is 5. The van der Waals surface area contributed by atoms with Crippen LogP contribution in [0.25, 0.3) is 0 Å². The number of methoxy groups -OCH3 is 1. The second kappa shape index (κ2) is 7.81. The number of piperidine rings is 1. The number of amides is 1. The molecule has 0 aliphatic carbocycles. The van der Waals surface area contributed by atoms with Gasteiger partial charge in [-0.15, -0.1) is 0 Å². The van der Waals surface area contributed by atoms with Gasteiger partial charge in [-0.1, -0.05) is 0 Å². The van der Waals surface area contributed by atoms with Gasteiger partial charge in [0.1, 0.15) is 5.60 Å². The molecule has 0 aromatic heterocycles. The van der Waals surface area contributed by atoms with E-state index >= 15 is 0 Å². The highest BCUT2D eigenvalue weighted by atomic mass is 16.6. The van der Waals surface area contributed by atoms with Crippen LogP contribution in [0.3, 0.4) is 0 Å². The van der Waals surface area contributed by atoms with Gasteiger partial charge in [-0.05, 0) is 47.0 Å². The molecule has 0 unspecified atom stereocenters. The summed E-state index contributed by atoms with van der Waals surface area (Å²) in [4.78, 5) is 26.1. The van der Waals surface area contributed by atoms with Crippen molar-refractivity contribution in [1.29, 1.82) is 0 Å². The van der Waals surface area contributed by atoms with Crippen molar-refractivity contribution in [3.63, 3.8) is 0 Å². The quantitative estimate of drug-likeness (QED) is 0.730. The van der Waals surface area contributed by atoms with Gasteiger partial charge in [0.25, 0.3) is 0 Å². The minimum atomic E-state index is -0.551. The molecule has 0 bridgehead atoms. The predicted octanol–water partition coefficient (Wildman–Crippen LogP) is 2.60. The Morgan fingerprint density at radius 2 is 1.77 bits per heavy atom. The van der Waals surface area contributed by atoms with Crippen molar-refractivity contribution in [3.05, 3.63) is 0 Å². The number of ether oxygens (including phenoxy) is 3. The lowest BCUT2D eigenvalue weighted by Crippen LogP contribution is -2.48.